The first-order chi connectivity index (χ1) is 10.1. The van der Waals surface area contributed by atoms with E-state index in [-0.39, 0.29) is 12.3 Å². The third-order valence-corrected chi connectivity index (χ3v) is 3.95. The molecule has 21 heavy (non-hydrogen) atoms. The van der Waals surface area contributed by atoms with Gasteiger partial charge in [0.1, 0.15) is 5.25 Å². The van der Waals surface area contributed by atoms with E-state index in [1.165, 1.54) is 5.56 Å². The number of aliphatic carboxylic acids is 1. The monoisotopic (exact) mass is 305 g/mol. The van der Waals surface area contributed by atoms with Crippen molar-refractivity contribution in [2.45, 2.75) is 25.0 Å². The standard InChI is InChI=1S/C14H15N3O3S/c1-2-9-3-5-10(6-4-9)8-15-17-14-16-13(20)11(21-14)7-12(18)19/h3-6,8,11H,2,7H2,1H3,(H,18,19)(H,16,17,20)/b15-8-/t11-/m1/s1. The van der Waals surface area contributed by atoms with Crippen LogP contribution >= 0.6 is 11.8 Å². The first-order valence-electron chi connectivity index (χ1n) is 6.47. The first-order valence-corrected chi connectivity index (χ1v) is 7.35. The predicted molar refractivity (Wildman–Crippen MR) is 82.6 cm³/mol. The lowest BCUT2D eigenvalue weighted by Gasteiger charge is -1.97. The van der Waals surface area contributed by atoms with Gasteiger partial charge in [0.05, 0.1) is 12.6 Å². The van der Waals surface area contributed by atoms with Crippen molar-refractivity contribution in [2.24, 2.45) is 10.2 Å². The van der Waals surface area contributed by atoms with Crippen LogP contribution in [-0.2, 0) is 16.0 Å². The molecule has 6 nitrogen and oxygen atoms in total. The van der Waals surface area contributed by atoms with Gasteiger partial charge >= 0.3 is 5.97 Å². The maximum atomic E-state index is 11.5. The average molecular weight is 305 g/mol. The lowest BCUT2D eigenvalue weighted by molar-refractivity contribution is -0.138. The minimum atomic E-state index is -1.01. The molecule has 0 aromatic heterocycles. The van der Waals surface area contributed by atoms with Crippen molar-refractivity contribution >= 4 is 35.0 Å². The Morgan fingerprint density at radius 1 is 1.43 bits per heavy atom. The third-order valence-electron chi connectivity index (χ3n) is 2.88. The molecule has 0 spiro atoms. The lowest BCUT2D eigenvalue weighted by atomic mass is 10.1. The molecule has 2 N–H and O–H groups in total. The molecule has 1 atom stereocenters. The molecule has 0 aliphatic carbocycles. The molecule has 1 aliphatic rings. The lowest BCUT2D eigenvalue weighted by Crippen LogP contribution is -2.26. The van der Waals surface area contributed by atoms with Gasteiger partial charge in [-0.2, -0.15) is 5.10 Å². The van der Waals surface area contributed by atoms with Gasteiger partial charge in [-0.1, -0.05) is 43.0 Å². The Kier molecular flexibility index (Phi) is 5.10. The molecule has 7 heteroatoms. The van der Waals surface area contributed by atoms with Crippen LogP contribution in [-0.4, -0.2) is 33.6 Å². The highest BCUT2D eigenvalue weighted by atomic mass is 32.2. The molecule has 0 bridgehead atoms. The number of amidine groups is 1. The molecule has 1 saturated heterocycles. The fraction of sp³-hybridized carbons (Fsp3) is 0.286. The van der Waals surface area contributed by atoms with E-state index in [9.17, 15) is 9.59 Å². The number of nitrogens with zero attached hydrogens (tertiary/aromatic N) is 2. The van der Waals surface area contributed by atoms with E-state index in [0.29, 0.717) is 5.17 Å². The molecule has 1 fully saturated rings. The summed E-state index contributed by atoms with van der Waals surface area (Å²) in [5.74, 6) is -1.35. The third kappa shape index (κ3) is 4.42. The summed E-state index contributed by atoms with van der Waals surface area (Å²) < 4.78 is 0. The summed E-state index contributed by atoms with van der Waals surface area (Å²) >= 11 is 1.08. The minimum absolute atomic E-state index is 0.224. The summed E-state index contributed by atoms with van der Waals surface area (Å²) in [5, 5.41) is 18.7. The second-order valence-corrected chi connectivity index (χ2v) is 5.63. The van der Waals surface area contributed by atoms with Crippen molar-refractivity contribution in [3.8, 4) is 0 Å². The van der Waals surface area contributed by atoms with Crippen LogP contribution in [0.25, 0.3) is 0 Å². The Bertz CT molecular complexity index is 596. The number of carboxylic acid groups (broad SMARTS) is 1. The number of carbonyl (C=O) groups excluding carboxylic acids is 1. The van der Waals surface area contributed by atoms with Crippen molar-refractivity contribution in [3.63, 3.8) is 0 Å². The highest BCUT2D eigenvalue weighted by Gasteiger charge is 2.32. The van der Waals surface area contributed by atoms with Crippen LogP contribution in [0.15, 0.2) is 34.5 Å². The number of thioether (sulfide) groups is 1. The molecule has 1 amide bonds. The number of amides is 1. The van der Waals surface area contributed by atoms with E-state index < -0.39 is 11.2 Å². The fourth-order valence-corrected chi connectivity index (χ4v) is 2.65. The van der Waals surface area contributed by atoms with Crippen molar-refractivity contribution in [1.29, 1.82) is 0 Å². The van der Waals surface area contributed by atoms with Gasteiger partial charge in [0.25, 0.3) is 0 Å². The number of carbonyl (C=O) groups is 2. The zero-order chi connectivity index (χ0) is 15.2. The Hall–Kier alpha value is -2.15. The molecule has 1 aliphatic heterocycles. The topological polar surface area (TPSA) is 91.1 Å². The summed E-state index contributed by atoms with van der Waals surface area (Å²) in [6, 6.07) is 7.92. The van der Waals surface area contributed by atoms with Gasteiger partial charge < -0.3 is 10.4 Å². The van der Waals surface area contributed by atoms with Crippen molar-refractivity contribution in [3.05, 3.63) is 35.4 Å². The number of rotatable bonds is 5. The van der Waals surface area contributed by atoms with Crippen molar-refractivity contribution < 1.29 is 14.7 Å². The van der Waals surface area contributed by atoms with Gasteiger partial charge in [-0.3, -0.25) is 9.59 Å². The second kappa shape index (κ2) is 7.03. The molecular weight excluding hydrogens is 290 g/mol. The molecule has 2 rings (SSSR count). The first kappa shape index (κ1) is 15.2. The highest BCUT2D eigenvalue weighted by Crippen LogP contribution is 2.22. The normalized spacial score (nSPS) is 20.1. The fourth-order valence-electron chi connectivity index (χ4n) is 1.73. The second-order valence-electron chi connectivity index (χ2n) is 4.44. The summed E-state index contributed by atoms with van der Waals surface area (Å²) in [4.78, 5) is 22.1. The number of aryl methyl sites for hydroxylation is 1. The number of benzene rings is 1. The van der Waals surface area contributed by atoms with Crippen LogP contribution in [0.1, 0.15) is 24.5 Å². The van der Waals surface area contributed by atoms with Crippen LogP contribution in [0.3, 0.4) is 0 Å². The van der Waals surface area contributed by atoms with E-state index >= 15 is 0 Å². The summed E-state index contributed by atoms with van der Waals surface area (Å²) in [6.45, 7) is 2.09. The Morgan fingerprint density at radius 3 is 2.76 bits per heavy atom. The summed E-state index contributed by atoms with van der Waals surface area (Å²) in [6.07, 6.45) is 2.34. The zero-order valence-corrected chi connectivity index (χ0v) is 12.3. The molecular formula is C14H15N3O3S. The quantitative estimate of drug-likeness (QED) is 0.639. The van der Waals surface area contributed by atoms with Gasteiger partial charge in [-0.15, -0.1) is 5.10 Å². The van der Waals surface area contributed by atoms with Crippen LogP contribution < -0.4 is 5.32 Å². The van der Waals surface area contributed by atoms with Crippen LogP contribution in [0, 0.1) is 0 Å². The average Bonchev–Trinajstić information content (AvgIpc) is 2.79. The molecule has 110 valence electrons. The van der Waals surface area contributed by atoms with E-state index in [4.69, 9.17) is 5.11 Å². The van der Waals surface area contributed by atoms with Gasteiger partial charge in [0.15, 0.2) is 5.17 Å². The maximum Gasteiger partial charge on any atom is 0.305 e. The van der Waals surface area contributed by atoms with Crippen LogP contribution in [0.5, 0.6) is 0 Å². The Morgan fingerprint density at radius 2 is 2.14 bits per heavy atom. The van der Waals surface area contributed by atoms with E-state index in [1.54, 1.807) is 6.21 Å². The van der Waals surface area contributed by atoms with E-state index in [0.717, 1.165) is 23.7 Å². The van der Waals surface area contributed by atoms with Crippen molar-refractivity contribution in [2.75, 3.05) is 0 Å². The number of hydrogen-bond donors (Lipinski definition) is 2. The maximum absolute atomic E-state index is 11.5. The largest absolute Gasteiger partial charge is 0.481 e. The van der Waals surface area contributed by atoms with Gasteiger partial charge in [0, 0.05) is 0 Å². The molecule has 0 radical (unpaired) electrons. The number of carboxylic acids is 1. The minimum Gasteiger partial charge on any atom is -0.481 e. The van der Waals surface area contributed by atoms with Crippen LogP contribution in [0.4, 0.5) is 0 Å². The Labute approximate surface area is 126 Å². The molecule has 1 heterocycles. The highest BCUT2D eigenvalue weighted by molar-refractivity contribution is 8.15. The number of hydrogen-bond acceptors (Lipinski definition) is 5. The van der Waals surface area contributed by atoms with Crippen LogP contribution in [0.2, 0.25) is 0 Å². The molecule has 1 aromatic carbocycles. The predicted octanol–water partition coefficient (Wildman–Crippen LogP) is 1.65. The molecule has 0 saturated carbocycles. The van der Waals surface area contributed by atoms with E-state index in [1.807, 2.05) is 24.3 Å². The van der Waals surface area contributed by atoms with Gasteiger partial charge in [0.2, 0.25) is 5.91 Å². The molecule has 0 unspecified atom stereocenters. The van der Waals surface area contributed by atoms with E-state index in [2.05, 4.69) is 22.4 Å². The van der Waals surface area contributed by atoms with Crippen molar-refractivity contribution in [1.82, 2.24) is 5.32 Å². The SMILES string of the molecule is CCc1ccc(/C=N\N=C2NC(=O)[C@@H](CC(=O)O)S2)cc1. The summed E-state index contributed by atoms with van der Waals surface area (Å²) in [5.41, 5.74) is 2.15. The Balaban J connectivity index is 1.96. The smallest absolute Gasteiger partial charge is 0.305 e. The summed E-state index contributed by atoms with van der Waals surface area (Å²) in [7, 11) is 0. The van der Waals surface area contributed by atoms with Gasteiger partial charge in [-0.05, 0) is 17.5 Å². The zero-order valence-electron chi connectivity index (χ0n) is 11.4. The molecule has 1 aromatic rings. The number of nitrogens with one attached hydrogen (secondary N) is 1. The van der Waals surface area contributed by atoms with Gasteiger partial charge in [-0.25, -0.2) is 0 Å².